The minimum Gasteiger partial charge on any atom is -0.466 e. The predicted octanol–water partition coefficient (Wildman–Crippen LogP) is 3.54. The molecule has 0 bridgehead atoms. The summed E-state index contributed by atoms with van der Waals surface area (Å²) < 4.78 is 5.10. The molecule has 1 aromatic carbocycles. The molecule has 2 rings (SSSR count). The van der Waals surface area contributed by atoms with Crippen LogP contribution in [0, 0.1) is 6.92 Å². The number of rotatable bonds is 7. The first-order valence-corrected chi connectivity index (χ1v) is 7.75. The first kappa shape index (κ1) is 16.8. The molecule has 0 aliphatic rings. The summed E-state index contributed by atoms with van der Waals surface area (Å²) in [5.41, 5.74) is 3.75. The van der Waals surface area contributed by atoms with Crippen molar-refractivity contribution in [2.45, 2.75) is 26.3 Å². The highest BCUT2D eigenvalue weighted by molar-refractivity contribution is 5.73. The molecule has 122 valence electrons. The van der Waals surface area contributed by atoms with Crippen molar-refractivity contribution in [2.75, 3.05) is 24.3 Å². The van der Waals surface area contributed by atoms with E-state index in [1.807, 2.05) is 57.3 Å². The summed E-state index contributed by atoms with van der Waals surface area (Å²) >= 11 is 0. The largest absolute Gasteiger partial charge is 0.466 e. The third-order valence-corrected chi connectivity index (χ3v) is 3.52. The Labute approximate surface area is 137 Å². The van der Waals surface area contributed by atoms with Crippen LogP contribution in [0.25, 0.3) is 0 Å². The van der Waals surface area contributed by atoms with E-state index in [-0.39, 0.29) is 18.4 Å². The van der Waals surface area contributed by atoms with Crippen LogP contribution in [0.3, 0.4) is 0 Å². The number of aryl methyl sites for hydroxylation is 1. The first-order chi connectivity index (χ1) is 11.1. The van der Waals surface area contributed by atoms with Crippen molar-refractivity contribution in [3.05, 3.63) is 53.9 Å². The van der Waals surface area contributed by atoms with E-state index in [9.17, 15) is 4.79 Å². The number of anilines is 2. The molecule has 1 aromatic heterocycles. The van der Waals surface area contributed by atoms with E-state index >= 15 is 0 Å². The lowest BCUT2D eigenvalue weighted by Crippen LogP contribution is -2.18. The molecule has 5 nitrogen and oxygen atoms in total. The molecule has 23 heavy (non-hydrogen) atoms. The molecule has 0 saturated carbocycles. The Kier molecular flexibility index (Phi) is 5.97. The van der Waals surface area contributed by atoms with Crippen molar-refractivity contribution in [3.63, 3.8) is 0 Å². The van der Waals surface area contributed by atoms with Gasteiger partial charge in [0.05, 0.1) is 36.6 Å². The molecule has 0 radical (unpaired) electrons. The number of hydrogen-bond acceptors (Lipinski definition) is 5. The normalized spacial score (nSPS) is 11.6. The van der Waals surface area contributed by atoms with E-state index in [1.165, 1.54) is 0 Å². The fourth-order valence-corrected chi connectivity index (χ4v) is 2.39. The zero-order chi connectivity index (χ0) is 16.7. The number of pyridine rings is 1. The molecule has 1 heterocycles. The number of aromatic nitrogens is 1. The Hall–Kier alpha value is -2.56. The third-order valence-electron chi connectivity index (χ3n) is 3.52. The fourth-order valence-electron chi connectivity index (χ4n) is 2.39. The second kappa shape index (κ2) is 8.17. The molecule has 0 aliphatic heterocycles. The van der Waals surface area contributed by atoms with E-state index in [2.05, 4.69) is 15.6 Å². The summed E-state index contributed by atoms with van der Waals surface area (Å²) in [5, 5.41) is 6.56. The number of ether oxygens (including phenoxy) is 1. The second-order valence-electron chi connectivity index (χ2n) is 5.24. The summed E-state index contributed by atoms with van der Waals surface area (Å²) in [4.78, 5) is 16.2. The molecule has 2 aromatic rings. The zero-order valence-corrected chi connectivity index (χ0v) is 13.8. The molecule has 0 spiro atoms. The Bertz CT molecular complexity index is 644. The highest BCUT2D eigenvalue weighted by Gasteiger charge is 2.18. The number of nitrogens with zero attached hydrogens (tertiary/aromatic N) is 1. The average molecular weight is 313 g/mol. The number of benzene rings is 1. The van der Waals surface area contributed by atoms with Gasteiger partial charge in [0.25, 0.3) is 0 Å². The SMILES string of the molecule is CCOC(=O)C[C@@H](Nc1cc(C)ncc1NC)c1ccccc1. The summed E-state index contributed by atoms with van der Waals surface area (Å²) in [5.74, 6) is -0.217. The van der Waals surface area contributed by atoms with Crippen LogP contribution in [0.4, 0.5) is 11.4 Å². The average Bonchev–Trinajstić information content (AvgIpc) is 2.55. The molecule has 0 unspecified atom stereocenters. The number of esters is 1. The van der Waals surface area contributed by atoms with Gasteiger partial charge in [-0.3, -0.25) is 9.78 Å². The van der Waals surface area contributed by atoms with Gasteiger partial charge >= 0.3 is 5.97 Å². The number of nitrogens with one attached hydrogen (secondary N) is 2. The maximum Gasteiger partial charge on any atom is 0.308 e. The van der Waals surface area contributed by atoms with Crippen LogP contribution in [0.1, 0.15) is 30.6 Å². The van der Waals surface area contributed by atoms with Gasteiger partial charge in [0.15, 0.2) is 0 Å². The molecule has 0 fully saturated rings. The van der Waals surface area contributed by atoms with Crippen molar-refractivity contribution >= 4 is 17.3 Å². The van der Waals surface area contributed by atoms with Gasteiger partial charge in [-0.05, 0) is 25.5 Å². The monoisotopic (exact) mass is 313 g/mol. The topological polar surface area (TPSA) is 63.2 Å². The van der Waals surface area contributed by atoms with E-state index < -0.39 is 0 Å². The molecule has 1 atom stereocenters. The number of carbonyl (C=O) groups excluding carboxylic acids is 1. The van der Waals surface area contributed by atoms with E-state index in [1.54, 1.807) is 6.20 Å². The van der Waals surface area contributed by atoms with Gasteiger partial charge < -0.3 is 15.4 Å². The van der Waals surface area contributed by atoms with E-state index in [0.29, 0.717) is 6.61 Å². The van der Waals surface area contributed by atoms with Crippen molar-refractivity contribution in [1.82, 2.24) is 4.98 Å². The predicted molar refractivity (Wildman–Crippen MR) is 92.6 cm³/mol. The Morgan fingerprint density at radius 1 is 1.26 bits per heavy atom. The molecular weight excluding hydrogens is 290 g/mol. The van der Waals surface area contributed by atoms with Crippen LogP contribution in [-0.2, 0) is 9.53 Å². The highest BCUT2D eigenvalue weighted by Crippen LogP contribution is 2.28. The van der Waals surface area contributed by atoms with Crippen LogP contribution in [-0.4, -0.2) is 24.6 Å². The maximum absolute atomic E-state index is 11.9. The zero-order valence-electron chi connectivity index (χ0n) is 13.8. The van der Waals surface area contributed by atoms with E-state index in [4.69, 9.17) is 4.74 Å². The summed E-state index contributed by atoms with van der Waals surface area (Å²) in [7, 11) is 1.85. The van der Waals surface area contributed by atoms with Crippen molar-refractivity contribution in [2.24, 2.45) is 0 Å². The lowest BCUT2D eigenvalue weighted by atomic mass is 10.0. The minimum atomic E-state index is -0.217. The number of hydrogen-bond donors (Lipinski definition) is 2. The van der Waals surface area contributed by atoms with Crippen LogP contribution in [0.2, 0.25) is 0 Å². The third kappa shape index (κ3) is 4.71. The van der Waals surface area contributed by atoms with Gasteiger partial charge in [-0.25, -0.2) is 0 Å². The van der Waals surface area contributed by atoms with Gasteiger partial charge in [-0.2, -0.15) is 0 Å². The number of carbonyl (C=O) groups is 1. The highest BCUT2D eigenvalue weighted by atomic mass is 16.5. The van der Waals surface area contributed by atoms with Crippen molar-refractivity contribution < 1.29 is 9.53 Å². The van der Waals surface area contributed by atoms with Gasteiger partial charge in [0.1, 0.15) is 0 Å². The quantitative estimate of drug-likeness (QED) is 0.766. The summed E-state index contributed by atoms with van der Waals surface area (Å²) in [6.07, 6.45) is 2.05. The standard InChI is InChI=1S/C18H23N3O2/c1-4-23-18(22)11-15(14-8-6-5-7-9-14)21-16-10-13(2)20-12-17(16)19-3/h5-10,12,15,19H,4,11H2,1-3H3,(H,20,21)/t15-/m1/s1. The fraction of sp³-hybridized carbons (Fsp3) is 0.333. The van der Waals surface area contributed by atoms with Crippen LogP contribution in [0.5, 0.6) is 0 Å². The maximum atomic E-state index is 11.9. The first-order valence-electron chi connectivity index (χ1n) is 7.75. The summed E-state index contributed by atoms with van der Waals surface area (Å²) in [6, 6.07) is 11.7. The Morgan fingerprint density at radius 3 is 2.65 bits per heavy atom. The lowest BCUT2D eigenvalue weighted by molar-refractivity contribution is -0.143. The Morgan fingerprint density at radius 2 is 2.00 bits per heavy atom. The van der Waals surface area contributed by atoms with Crippen molar-refractivity contribution in [1.29, 1.82) is 0 Å². The molecule has 5 heteroatoms. The lowest BCUT2D eigenvalue weighted by Gasteiger charge is -2.21. The minimum absolute atomic E-state index is 0.163. The van der Waals surface area contributed by atoms with Gasteiger partial charge in [-0.15, -0.1) is 0 Å². The second-order valence-corrected chi connectivity index (χ2v) is 5.24. The van der Waals surface area contributed by atoms with Gasteiger partial charge in [0.2, 0.25) is 0 Å². The van der Waals surface area contributed by atoms with Crippen LogP contribution < -0.4 is 10.6 Å². The smallest absolute Gasteiger partial charge is 0.308 e. The van der Waals surface area contributed by atoms with Gasteiger partial charge in [0, 0.05) is 12.7 Å². The molecule has 2 N–H and O–H groups in total. The molecule has 0 aliphatic carbocycles. The van der Waals surface area contributed by atoms with Gasteiger partial charge in [-0.1, -0.05) is 30.3 Å². The summed E-state index contributed by atoms with van der Waals surface area (Å²) in [6.45, 7) is 4.14. The van der Waals surface area contributed by atoms with E-state index in [0.717, 1.165) is 22.6 Å². The Balaban J connectivity index is 2.27. The molecular formula is C18H23N3O2. The van der Waals surface area contributed by atoms with Crippen LogP contribution in [0.15, 0.2) is 42.6 Å². The molecule has 0 amide bonds. The van der Waals surface area contributed by atoms with Crippen LogP contribution >= 0.6 is 0 Å². The molecule has 0 saturated heterocycles. The van der Waals surface area contributed by atoms with Crippen molar-refractivity contribution in [3.8, 4) is 0 Å².